The number of carbonyl (C=O) groups is 3. The van der Waals surface area contributed by atoms with Crippen LogP contribution < -0.4 is 20.1 Å². The first-order chi connectivity index (χ1) is 17.8. The summed E-state index contributed by atoms with van der Waals surface area (Å²) in [6.07, 6.45) is 0.703. The number of hydrogen-bond donors (Lipinski definition) is 3. The zero-order valence-corrected chi connectivity index (χ0v) is 21.7. The third-order valence-electron chi connectivity index (χ3n) is 5.89. The Bertz CT molecular complexity index is 1300. The highest BCUT2D eigenvalue weighted by molar-refractivity contribution is 9.10. The van der Waals surface area contributed by atoms with Crippen molar-refractivity contribution in [3.8, 4) is 11.5 Å². The van der Waals surface area contributed by atoms with E-state index in [-0.39, 0.29) is 24.0 Å². The van der Waals surface area contributed by atoms with E-state index in [1.807, 2.05) is 18.2 Å². The van der Waals surface area contributed by atoms with Gasteiger partial charge >= 0.3 is 12.0 Å². The molecule has 1 atom stereocenters. The number of methoxy groups -OCH3 is 1. The van der Waals surface area contributed by atoms with Gasteiger partial charge in [0.15, 0.2) is 0 Å². The molecule has 1 aliphatic rings. The Balaban J connectivity index is 1.32. The number of likely N-dealkylation sites (tertiary alicyclic amines) is 1. The molecule has 3 aromatic carbocycles. The van der Waals surface area contributed by atoms with Crippen molar-refractivity contribution in [2.75, 3.05) is 30.8 Å². The Labute approximate surface area is 222 Å². The fraction of sp³-hybridized carbons (Fsp3) is 0.222. The lowest BCUT2D eigenvalue weighted by Crippen LogP contribution is -2.32. The molecule has 1 saturated heterocycles. The minimum atomic E-state index is -0.992. The van der Waals surface area contributed by atoms with Gasteiger partial charge in [0.25, 0.3) is 0 Å². The van der Waals surface area contributed by atoms with Crippen molar-refractivity contribution in [1.29, 1.82) is 0 Å². The molecule has 0 saturated carbocycles. The number of halogens is 1. The average Bonchev–Trinajstić information content (AvgIpc) is 3.35. The summed E-state index contributed by atoms with van der Waals surface area (Å²) >= 11 is 3.40. The average molecular weight is 568 g/mol. The summed E-state index contributed by atoms with van der Waals surface area (Å²) in [5, 5.41) is 14.6. The van der Waals surface area contributed by atoms with E-state index in [2.05, 4.69) is 26.6 Å². The van der Waals surface area contributed by atoms with Gasteiger partial charge in [0.1, 0.15) is 17.6 Å². The van der Waals surface area contributed by atoms with E-state index in [0.29, 0.717) is 42.4 Å². The summed E-state index contributed by atoms with van der Waals surface area (Å²) in [4.78, 5) is 38.1. The number of aromatic carboxylic acids is 1. The maximum atomic E-state index is 12.9. The van der Waals surface area contributed by atoms with Crippen LogP contribution in [0.2, 0.25) is 0 Å². The van der Waals surface area contributed by atoms with Crippen molar-refractivity contribution in [3.63, 3.8) is 0 Å². The first-order valence-corrected chi connectivity index (χ1v) is 12.4. The van der Waals surface area contributed by atoms with Gasteiger partial charge in [-0.2, -0.15) is 0 Å². The number of amides is 3. The topological polar surface area (TPSA) is 117 Å². The summed E-state index contributed by atoms with van der Waals surface area (Å²) in [5.41, 5.74) is 2.06. The molecule has 1 heterocycles. The van der Waals surface area contributed by atoms with Crippen molar-refractivity contribution in [2.45, 2.75) is 18.9 Å². The smallest absolute Gasteiger partial charge is 0.335 e. The number of para-hydroxylation sites is 1. The van der Waals surface area contributed by atoms with Crippen LogP contribution in [0.1, 0.15) is 22.3 Å². The van der Waals surface area contributed by atoms with Crippen LogP contribution in [0.15, 0.2) is 71.2 Å². The van der Waals surface area contributed by atoms with Gasteiger partial charge in [0, 0.05) is 17.4 Å². The normalized spacial score (nSPS) is 14.6. The number of benzene rings is 3. The van der Waals surface area contributed by atoms with Crippen LogP contribution in [0, 0.1) is 0 Å². The van der Waals surface area contributed by atoms with E-state index in [0.717, 1.165) is 10.0 Å². The monoisotopic (exact) mass is 567 g/mol. The molecular formula is C27H26BrN3O6. The summed E-state index contributed by atoms with van der Waals surface area (Å²) in [7, 11) is 1.50. The van der Waals surface area contributed by atoms with E-state index in [9.17, 15) is 14.4 Å². The minimum Gasteiger partial charge on any atom is -0.495 e. The molecule has 10 heteroatoms. The van der Waals surface area contributed by atoms with Gasteiger partial charge in [-0.15, -0.1) is 0 Å². The number of carboxylic acids is 1. The number of rotatable bonds is 8. The molecule has 4 rings (SSSR count). The number of carboxylic acid groups (broad SMARTS) is 1. The van der Waals surface area contributed by atoms with Gasteiger partial charge in [-0.05, 0) is 70.0 Å². The summed E-state index contributed by atoms with van der Waals surface area (Å²) in [6.45, 7) is 1.02. The molecule has 1 aliphatic heterocycles. The molecule has 0 bridgehead atoms. The first kappa shape index (κ1) is 26.0. The van der Waals surface area contributed by atoms with E-state index in [4.69, 9.17) is 14.6 Å². The Morgan fingerprint density at radius 3 is 2.46 bits per heavy atom. The Morgan fingerprint density at radius 1 is 1.03 bits per heavy atom. The van der Waals surface area contributed by atoms with Crippen molar-refractivity contribution in [2.24, 2.45) is 0 Å². The second-order valence-electron chi connectivity index (χ2n) is 8.47. The SMILES string of the molecule is COc1cc(CC(=O)N2CC[C@@H](Oc3ccc(C(=O)O)cc3)C2)ccc1NC(=O)Nc1ccccc1Br. The van der Waals surface area contributed by atoms with Gasteiger partial charge in [-0.25, -0.2) is 9.59 Å². The van der Waals surface area contributed by atoms with Crippen LogP contribution in [0.3, 0.4) is 0 Å². The van der Waals surface area contributed by atoms with E-state index >= 15 is 0 Å². The molecule has 37 heavy (non-hydrogen) atoms. The highest BCUT2D eigenvalue weighted by Gasteiger charge is 2.28. The number of hydrogen-bond acceptors (Lipinski definition) is 5. The molecule has 0 aliphatic carbocycles. The van der Waals surface area contributed by atoms with Gasteiger partial charge in [-0.3, -0.25) is 4.79 Å². The number of nitrogens with zero attached hydrogens (tertiary/aromatic N) is 1. The van der Waals surface area contributed by atoms with Gasteiger partial charge in [0.2, 0.25) is 5.91 Å². The van der Waals surface area contributed by atoms with Gasteiger partial charge in [0.05, 0.1) is 37.0 Å². The maximum Gasteiger partial charge on any atom is 0.335 e. The maximum absolute atomic E-state index is 12.9. The van der Waals surface area contributed by atoms with Crippen molar-refractivity contribution in [1.82, 2.24) is 4.90 Å². The van der Waals surface area contributed by atoms with Crippen molar-refractivity contribution < 1.29 is 29.0 Å². The van der Waals surface area contributed by atoms with E-state index in [1.54, 1.807) is 41.3 Å². The zero-order valence-electron chi connectivity index (χ0n) is 20.1. The number of carbonyl (C=O) groups excluding carboxylic acids is 2. The second-order valence-corrected chi connectivity index (χ2v) is 9.32. The van der Waals surface area contributed by atoms with Crippen molar-refractivity contribution >= 4 is 45.2 Å². The number of urea groups is 1. The standard InChI is InChI=1S/C27H26BrN3O6/c1-36-24-14-17(6-11-23(24)30-27(35)29-22-5-3-2-4-21(22)28)15-25(32)31-13-12-20(16-31)37-19-9-7-18(8-10-19)26(33)34/h2-11,14,20H,12-13,15-16H2,1H3,(H,33,34)(H2,29,30,35)/t20-/m1/s1. The van der Waals surface area contributed by atoms with Crippen LogP contribution in [0.25, 0.3) is 0 Å². The summed E-state index contributed by atoms with van der Waals surface area (Å²) in [5.74, 6) is -0.0177. The highest BCUT2D eigenvalue weighted by atomic mass is 79.9. The highest BCUT2D eigenvalue weighted by Crippen LogP contribution is 2.28. The number of nitrogens with one attached hydrogen (secondary N) is 2. The summed E-state index contributed by atoms with van der Waals surface area (Å²) < 4.78 is 12.1. The largest absolute Gasteiger partial charge is 0.495 e. The second kappa shape index (κ2) is 11.8. The lowest BCUT2D eigenvalue weighted by molar-refractivity contribution is -0.129. The molecule has 3 amide bonds. The first-order valence-electron chi connectivity index (χ1n) is 11.6. The lowest BCUT2D eigenvalue weighted by Gasteiger charge is -2.18. The van der Waals surface area contributed by atoms with Crippen LogP contribution >= 0.6 is 15.9 Å². The van der Waals surface area contributed by atoms with Crippen LogP contribution in [0.5, 0.6) is 11.5 Å². The van der Waals surface area contributed by atoms with Crippen LogP contribution in [-0.4, -0.2) is 54.2 Å². The van der Waals surface area contributed by atoms with E-state index in [1.165, 1.54) is 19.2 Å². The predicted octanol–water partition coefficient (Wildman–Crippen LogP) is 5.02. The predicted molar refractivity (Wildman–Crippen MR) is 142 cm³/mol. The van der Waals surface area contributed by atoms with E-state index < -0.39 is 12.0 Å². The Morgan fingerprint density at radius 2 is 1.76 bits per heavy atom. The number of ether oxygens (including phenoxy) is 2. The number of anilines is 2. The lowest BCUT2D eigenvalue weighted by atomic mass is 10.1. The quantitative estimate of drug-likeness (QED) is 0.351. The fourth-order valence-corrected chi connectivity index (χ4v) is 4.38. The molecule has 3 N–H and O–H groups in total. The molecule has 192 valence electrons. The molecule has 0 spiro atoms. The molecule has 0 aromatic heterocycles. The molecule has 3 aromatic rings. The van der Waals surface area contributed by atoms with Crippen LogP contribution in [-0.2, 0) is 11.2 Å². The molecule has 9 nitrogen and oxygen atoms in total. The zero-order chi connectivity index (χ0) is 26.4. The molecule has 1 fully saturated rings. The van der Waals surface area contributed by atoms with Crippen molar-refractivity contribution in [3.05, 3.63) is 82.3 Å². The Hall–Kier alpha value is -4.05. The Kier molecular flexibility index (Phi) is 8.29. The third kappa shape index (κ3) is 6.79. The molecule has 0 unspecified atom stereocenters. The molecule has 0 radical (unpaired) electrons. The third-order valence-corrected chi connectivity index (χ3v) is 6.58. The van der Waals surface area contributed by atoms with Crippen LogP contribution in [0.4, 0.5) is 16.2 Å². The van der Waals surface area contributed by atoms with Gasteiger partial charge < -0.3 is 30.1 Å². The summed E-state index contributed by atoms with van der Waals surface area (Å²) in [6, 6.07) is 18.3. The minimum absolute atomic E-state index is 0.0400. The molecular weight excluding hydrogens is 542 g/mol. The van der Waals surface area contributed by atoms with Gasteiger partial charge in [-0.1, -0.05) is 18.2 Å². The fourth-order valence-electron chi connectivity index (χ4n) is 3.99.